The molecule has 9 nitrogen and oxygen atoms in total. The first kappa shape index (κ1) is 20.7. The molecule has 1 saturated carbocycles. The van der Waals surface area contributed by atoms with E-state index in [0.717, 1.165) is 12.8 Å². The molecule has 1 aliphatic carbocycles. The highest BCUT2D eigenvalue weighted by Crippen LogP contribution is 2.26. The molecule has 1 aromatic rings. The second-order valence-corrected chi connectivity index (χ2v) is 7.45. The molecule has 154 valence electrons. The molecule has 5 N–H and O–H groups in total. The van der Waals surface area contributed by atoms with Crippen molar-refractivity contribution in [2.75, 3.05) is 0 Å². The van der Waals surface area contributed by atoms with E-state index in [1.54, 1.807) is 25.3 Å². The molecule has 3 rings (SSSR count). The number of nitrogens with zero attached hydrogens (tertiary/aromatic N) is 1. The zero-order chi connectivity index (χ0) is 20.3. The summed E-state index contributed by atoms with van der Waals surface area (Å²) in [6.45, 7) is 1.55. The Balaban J connectivity index is 1.64. The highest BCUT2D eigenvalue weighted by molar-refractivity contribution is 5.94. The highest BCUT2D eigenvalue weighted by atomic mass is 16.5. The number of carbonyl (C=O) groups excluding carboxylic acids is 2. The lowest BCUT2D eigenvalue weighted by atomic mass is 9.83. The van der Waals surface area contributed by atoms with Gasteiger partial charge >= 0.3 is 0 Å². The summed E-state index contributed by atoms with van der Waals surface area (Å²) in [4.78, 5) is 29.2. The molecule has 2 heterocycles. The number of rotatable bonds is 4. The van der Waals surface area contributed by atoms with Gasteiger partial charge in [0.1, 0.15) is 18.3 Å². The second kappa shape index (κ2) is 8.95. The van der Waals surface area contributed by atoms with Crippen molar-refractivity contribution in [1.82, 2.24) is 15.6 Å². The average Bonchev–Trinajstić information content (AvgIpc) is 2.71. The molecule has 1 saturated heterocycles. The maximum atomic E-state index is 12.8. The quantitative estimate of drug-likeness (QED) is 0.456. The van der Waals surface area contributed by atoms with Crippen LogP contribution in [-0.2, 0) is 9.53 Å². The zero-order valence-electron chi connectivity index (χ0n) is 15.7. The van der Waals surface area contributed by atoms with E-state index in [0.29, 0.717) is 18.4 Å². The Labute approximate surface area is 163 Å². The number of nitrogens with one attached hydrogen (secondary N) is 2. The van der Waals surface area contributed by atoms with Gasteiger partial charge in [0, 0.05) is 18.4 Å². The molecule has 0 radical (unpaired) electrons. The maximum absolute atomic E-state index is 12.8. The van der Waals surface area contributed by atoms with Gasteiger partial charge in [-0.1, -0.05) is 12.8 Å². The molecule has 0 bridgehead atoms. The number of aromatic nitrogens is 1. The molecule has 28 heavy (non-hydrogen) atoms. The monoisotopic (exact) mass is 393 g/mol. The maximum Gasteiger partial charge on any atom is 0.253 e. The van der Waals surface area contributed by atoms with Crippen LogP contribution < -0.4 is 10.6 Å². The molecule has 0 spiro atoms. The number of hydrogen-bond acceptors (Lipinski definition) is 7. The summed E-state index contributed by atoms with van der Waals surface area (Å²) < 4.78 is 5.44. The largest absolute Gasteiger partial charge is 0.388 e. The normalized spacial score (nSPS) is 35.8. The van der Waals surface area contributed by atoms with Gasteiger partial charge in [0.05, 0.1) is 17.6 Å². The summed E-state index contributed by atoms with van der Waals surface area (Å²) in [5.41, 5.74) is 0.421. The lowest BCUT2D eigenvalue weighted by molar-refractivity contribution is -0.225. The standard InChI is InChI=1S/C19H27N3O6/c1-10-14(23)15(24)16(25)19(28-10)22-18(27)12-6-2-3-7-13(12)21-17(26)11-5-4-8-20-9-11/h4-5,8-10,12-16,19,23-25H,2-3,6-7H2,1H3,(H,21,26)(H,22,27)/t10-,12+,13-,14+,15+,16-,19+/m0/s1. The van der Waals surface area contributed by atoms with E-state index in [1.807, 2.05) is 0 Å². The van der Waals surface area contributed by atoms with E-state index in [1.165, 1.54) is 6.20 Å². The molecule has 7 atom stereocenters. The number of pyridine rings is 1. The van der Waals surface area contributed by atoms with E-state index >= 15 is 0 Å². The van der Waals surface area contributed by atoms with Gasteiger partial charge in [-0.05, 0) is 31.9 Å². The minimum Gasteiger partial charge on any atom is -0.388 e. The van der Waals surface area contributed by atoms with Crippen molar-refractivity contribution in [2.24, 2.45) is 5.92 Å². The summed E-state index contributed by atoms with van der Waals surface area (Å²) in [6, 6.07) is 2.97. The predicted octanol–water partition coefficient (Wildman–Crippen LogP) is -0.686. The molecular weight excluding hydrogens is 366 g/mol. The Hall–Kier alpha value is -2.07. The van der Waals surface area contributed by atoms with E-state index < -0.39 is 36.6 Å². The third-order valence-corrected chi connectivity index (χ3v) is 5.48. The fraction of sp³-hybridized carbons (Fsp3) is 0.632. The lowest BCUT2D eigenvalue weighted by Crippen LogP contribution is -2.63. The molecule has 1 aromatic heterocycles. The van der Waals surface area contributed by atoms with Crippen LogP contribution in [0, 0.1) is 5.92 Å². The first-order valence-electron chi connectivity index (χ1n) is 9.59. The van der Waals surface area contributed by atoms with Gasteiger partial charge in [0.2, 0.25) is 5.91 Å². The van der Waals surface area contributed by atoms with Crippen LogP contribution in [-0.4, -0.2) is 68.8 Å². The first-order valence-corrected chi connectivity index (χ1v) is 9.59. The molecule has 2 amide bonds. The van der Waals surface area contributed by atoms with E-state index in [2.05, 4.69) is 15.6 Å². The van der Waals surface area contributed by atoms with Crippen LogP contribution >= 0.6 is 0 Å². The van der Waals surface area contributed by atoms with Crippen LogP contribution in [0.4, 0.5) is 0 Å². The minimum atomic E-state index is -1.44. The van der Waals surface area contributed by atoms with Gasteiger partial charge in [0.25, 0.3) is 5.91 Å². The van der Waals surface area contributed by atoms with Crippen molar-refractivity contribution >= 4 is 11.8 Å². The molecule has 0 aromatic carbocycles. The molecule has 2 fully saturated rings. The van der Waals surface area contributed by atoms with Crippen LogP contribution in [0.25, 0.3) is 0 Å². The van der Waals surface area contributed by atoms with Crippen LogP contribution in [0.15, 0.2) is 24.5 Å². The number of ether oxygens (including phenoxy) is 1. The van der Waals surface area contributed by atoms with Crippen molar-refractivity contribution < 1.29 is 29.6 Å². The van der Waals surface area contributed by atoms with Crippen LogP contribution in [0.5, 0.6) is 0 Å². The smallest absolute Gasteiger partial charge is 0.253 e. The number of hydrogen-bond donors (Lipinski definition) is 5. The number of aliphatic hydroxyl groups is 3. The Morgan fingerprint density at radius 1 is 1.11 bits per heavy atom. The summed E-state index contributed by atoms with van der Waals surface area (Å²) in [5, 5.41) is 35.3. The van der Waals surface area contributed by atoms with Crippen molar-refractivity contribution in [3.8, 4) is 0 Å². The van der Waals surface area contributed by atoms with Gasteiger partial charge in [-0.3, -0.25) is 14.6 Å². The third-order valence-electron chi connectivity index (χ3n) is 5.48. The van der Waals surface area contributed by atoms with Crippen LogP contribution in [0.2, 0.25) is 0 Å². The van der Waals surface area contributed by atoms with E-state index in [9.17, 15) is 24.9 Å². The lowest BCUT2D eigenvalue weighted by Gasteiger charge is -2.40. The fourth-order valence-corrected chi connectivity index (χ4v) is 3.78. The summed E-state index contributed by atoms with van der Waals surface area (Å²) >= 11 is 0. The number of carbonyl (C=O) groups is 2. The summed E-state index contributed by atoms with van der Waals surface area (Å²) in [7, 11) is 0. The fourth-order valence-electron chi connectivity index (χ4n) is 3.78. The Kier molecular flexibility index (Phi) is 6.61. The van der Waals surface area contributed by atoms with Crippen molar-refractivity contribution in [1.29, 1.82) is 0 Å². The van der Waals surface area contributed by atoms with Crippen molar-refractivity contribution in [3.63, 3.8) is 0 Å². The third kappa shape index (κ3) is 4.49. The number of aliphatic hydroxyl groups excluding tert-OH is 3. The van der Waals surface area contributed by atoms with Gasteiger partial charge < -0.3 is 30.7 Å². The summed E-state index contributed by atoms with van der Waals surface area (Å²) in [6.07, 6.45) is 0.0866. The topological polar surface area (TPSA) is 141 Å². The SMILES string of the molecule is C[C@@H]1O[C@@H](NC(=O)[C@@H]2CCCC[C@@H]2NC(=O)c2cccnc2)[C@@H](O)[C@H](O)[C@@H]1O. The Bertz CT molecular complexity index is 688. The van der Waals surface area contributed by atoms with Gasteiger partial charge in [-0.2, -0.15) is 0 Å². The number of amides is 2. The van der Waals surface area contributed by atoms with Crippen molar-refractivity contribution in [2.45, 2.75) is 69.3 Å². The molecule has 9 heteroatoms. The van der Waals surface area contributed by atoms with Gasteiger partial charge in [0.15, 0.2) is 6.23 Å². The van der Waals surface area contributed by atoms with Crippen molar-refractivity contribution in [3.05, 3.63) is 30.1 Å². The van der Waals surface area contributed by atoms with Gasteiger partial charge in [-0.15, -0.1) is 0 Å². The second-order valence-electron chi connectivity index (χ2n) is 7.45. The zero-order valence-corrected chi connectivity index (χ0v) is 15.7. The molecular formula is C19H27N3O6. The first-order chi connectivity index (χ1) is 13.4. The Morgan fingerprint density at radius 2 is 1.86 bits per heavy atom. The van der Waals surface area contributed by atoms with Crippen LogP contribution in [0.3, 0.4) is 0 Å². The predicted molar refractivity (Wildman–Crippen MR) is 97.9 cm³/mol. The average molecular weight is 393 g/mol. The van der Waals surface area contributed by atoms with E-state index in [4.69, 9.17) is 4.74 Å². The highest BCUT2D eigenvalue weighted by Gasteiger charge is 2.43. The Morgan fingerprint density at radius 3 is 2.57 bits per heavy atom. The summed E-state index contributed by atoms with van der Waals surface area (Å²) in [5.74, 6) is -1.14. The van der Waals surface area contributed by atoms with Gasteiger partial charge in [-0.25, -0.2) is 0 Å². The molecule has 1 aliphatic heterocycles. The van der Waals surface area contributed by atoms with E-state index in [-0.39, 0.29) is 17.9 Å². The molecule has 0 unspecified atom stereocenters. The molecule has 2 aliphatic rings. The minimum absolute atomic E-state index is 0.293. The van der Waals surface area contributed by atoms with Crippen LogP contribution in [0.1, 0.15) is 43.0 Å².